The van der Waals surface area contributed by atoms with Gasteiger partial charge in [0, 0.05) is 17.2 Å². The van der Waals surface area contributed by atoms with Crippen LogP contribution in [0.1, 0.15) is 18.4 Å². The monoisotopic (exact) mass is 497 g/mol. The van der Waals surface area contributed by atoms with Crippen molar-refractivity contribution in [1.29, 1.82) is 0 Å². The van der Waals surface area contributed by atoms with Gasteiger partial charge in [-0.05, 0) is 50.2 Å². The number of carboxylic acid groups (broad SMARTS) is 1. The number of carbonyl (C=O) groups is 2. The summed E-state index contributed by atoms with van der Waals surface area (Å²) in [6.07, 6.45) is 2.74. The van der Waals surface area contributed by atoms with Gasteiger partial charge in [-0.25, -0.2) is 23.9 Å². The second kappa shape index (κ2) is 8.29. The molecule has 1 atom stereocenters. The normalized spacial score (nSPS) is 21.1. The molecule has 1 fully saturated rings. The van der Waals surface area contributed by atoms with E-state index in [0.29, 0.717) is 37.1 Å². The van der Waals surface area contributed by atoms with E-state index in [0.717, 1.165) is 12.4 Å². The molecule has 0 saturated carbocycles. The first-order valence-electron chi connectivity index (χ1n) is 11.0. The van der Waals surface area contributed by atoms with Crippen LogP contribution in [0.15, 0.2) is 65.8 Å². The van der Waals surface area contributed by atoms with Gasteiger partial charge in [0.15, 0.2) is 17.3 Å². The van der Waals surface area contributed by atoms with Crippen molar-refractivity contribution in [3.8, 4) is 11.4 Å². The van der Waals surface area contributed by atoms with Crippen molar-refractivity contribution in [1.82, 2.24) is 19.2 Å². The van der Waals surface area contributed by atoms with Crippen LogP contribution in [0.25, 0.3) is 11.4 Å². The third-order valence-electron chi connectivity index (χ3n) is 6.80. The average Bonchev–Trinajstić information content (AvgIpc) is 3.06. The Bertz CT molecular complexity index is 1420. The molecule has 35 heavy (non-hydrogen) atoms. The third kappa shape index (κ3) is 3.38. The number of nitrogens with zero attached hydrogens (tertiary/aromatic N) is 3. The van der Waals surface area contributed by atoms with Crippen LogP contribution in [0, 0.1) is 5.82 Å². The second-order valence-electron chi connectivity index (χ2n) is 8.67. The minimum Gasteiger partial charge on any atom is -0.477 e. The molecule has 2 aromatic carbocycles. The molecule has 3 heterocycles. The molecule has 1 aromatic heterocycles. The number of nitrogens with one attached hydrogen (secondary N) is 1. The van der Waals surface area contributed by atoms with Crippen LogP contribution < -0.4 is 9.21 Å². The molecular weight excluding hydrogens is 475 g/mol. The Balaban J connectivity index is 1.67. The summed E-state index contributed by atoms with van der Waals surface area (Å²) < 4.78 is 40.2. The number of hydrogen-bond acceptors (Lipinski definition) is 7. The van der Waals surface area contributed by atoms with Crippen LogP contribution in [0.4, 0.5) is 10.1 Å². The van der Waals surface area contributed by atoms with Gasteiger partial charge >= 0.3 is 21.9 Å². The van der Waals surface area contributed by atoms with Gasteiger partial charge in [0.1, 0.15) is 10.3 Å². The van der Waals surface area contributed by atoms with Gasteiger partial charge in [-0.1, -0.05) is 18.2 Å². The Labute approximate surface area is 200 Å². The van der Waals surface area contributed by atoms with E-state index in [4.69, 9.17) is 0 Å². The van der Waals surface area contributed by atoms with E-state index >= 15 is 0 Å². The zero-order valence-corrected chi connectivity index (χ0v) is 19.3. The highest BCUT2D eigenvalue weighted by Crippen LogP contribution is 2.53. The number of halogens is 1. The summed E-state index contributed by atoms with van der Waals surface area (Å²) in [7, 11) is -4.55. The maximum atomic E-state index is 14.2. The van der Waals surface area contributed by atoms with E-state index in [2.05, 4.69) is 15.3 Å². The fourth-order valence-corrected chi connectivity index (χ4v) is 7.12. The van der Waals surface area contributed by atoms with Crippen molar-refractivity contribution in [2.24, 2.45) is 0 Å². The van der Waals surface area contributed by atoms with Crippen LogP contribution in [0.2, 0.25) is 0 Å². The predicted octanol–water partition coefficient (Wildman–Crippen LogP) is 2.22. The van der Waals surface area contributed by atoms with E-state index in [1.807, 2.05) is 0 Å². The van der Waals surface area contributed by atoms with Crippen molar-refractivity contribution in [3.63, 3.8) is 0 Å². The molecular formula is C24H22FN4O5S+. The molecule has 1 unspecified atom stereocenters. The molecule has 2 aliphatic rings. The van der Waals surface area contributed by atoms with Crippen LogP contribution in [0.3, 0.4) is 0 Å². The quantitative estimate of drug-likeness (QED) is 0.514. The van der Waals surface area contributed by atoms with Gasteiger partial charge in [-0.3, -0.25) is 0 Å². The molecule has 5 rings (SSSR count). The number of benzene rings is 2. The Hall–Kier alpha value is -3.54. The fourth-order valence-electron chi connectivity index (χ4n) is 5.19. The number of carbonyl (C=O) groups excluding carboxylic acids is 1. The van der Waals surface area contributed by atoms with Gasteiger partial charge in [0.25, 0.3) is 0 Å². The van der Waals surface area contributed by atoms with Gasteiger partial charge < -0.3 is 10.4 Å². The molecule has 1 saturated heterocycles. The van der Waals surface area contributed by atoms with E-state index in [-0.39, 0.29) is 16.4 Å². The Morgan fingerprint density at radius 3 is 2.31 bits per heavy atom. The van der Waals surface area contributed by atoms with E-state index < -0.39 is 43.6 Å². The predicted molar refractivity (Wildman–Crippen MR) is 124 cm³/mol. The first-order valence-corrected chi connectivity index (χ1v) is 12.5. The molecule has 11 heteroatoms. The Morgan fingerprint density at radius 1 is 1.06 bits per heavy atom. The molecule has 1 amide bonds. The van der Waals surface area contributed by atoms with Crippen LogP contribution >= 0.6 is 0 Å². The minimum absolute atomic E-state index is 0.174. The highest BCUT2D eigenvalue weighted by molar-refractivity contribution is 7.91. The topological polar surface area (TPSA) is 126 Å². The van der Waals surface area contributed by atoms with Crippen LogP contribution in [0.5, 0.6) is 0 Å². The largest absolute Gasteiger partial charge is 0.477 e. The van der Waals surface area contributed by atoms with Gasteiger partial charge in [-0.2, -0.15) is 8.42 Å². The van der Waals surface area contributed by atoms with Gasteiger partial charge in [-0.15, -0.1) is 3.89 Å². The lowest BCUT2D eigenvalue weighted by Crippen LogP contribution is -2.63. The molecule has 0 bridgehead atoms. The van der Waals surface area contributed by atoms with Gasteiger partial charge in [0.05, 0.1) is 12.4 Å². The van der Waals surface area contributed by atoms with Crippen molar-refractivity contribution >= 4 is 27.6 Å². The van der Waals surface area contributed by atoms with E-state index in [9.17, 15) is 27.5 Å². The average molecular weight is 498 g/mol. The highest BCUT2D eigenvalue weighted by atomic mass is 32.2. The van der Waals surface area contributed by atoms with E-state index in [1.54, 1.807) is 18.2 Å². The molecule has 0 aliphatic carbocycles. The maximum absolute atomic E-state index is 14.2. The van der Waals surface area contributed by atoms with Crippen molar-refractivity contribution < 1.29 is 27.5 Å². The standard InChI is InChI=1S/C24H21FN4O5S/c25-17-13-27-22(28-14-17)16-5-7-18(8-6-16)35(33,34)29(15-21(30)31)20-4-2-1-3-19(20)24(23(29)32)9-11-26-12-10-24/h1-8,13-14,26H,9-12,15H2/p+1. The number of para-hydroxylation sites is 1. The Kier molecular flexibility index (Phi) is 5.50. The van der Waals surface area contributed by atoms with Crippen LogP contribution in [-0.4, -0.2) is 55.0 Å². The van der Waals surface area contributed by atoms with Gasteiger partial charge in [0.2, 0.25) is 6.54 Å². The smallest absolute Gasteiger partial charge is 0.361 e. The number of piperidine rings is 1. The third-order valence-corrected chi connectivity index (χ3v) is 8.98. The number of hydrogen-bond donors (Lipinski definition) is 2. The summed E-state index contributed by atoms with van der Waals surface area (Å²) in [5.74, 6) is -2.46. The second-order valence-corrected chi connectivity index (χ2v) is 10.7. The highest BCUT2D eigenvalue weighted by Gasteiger charge is 2.68. The first kappa shape index (κ1) is 23.2. The number of rotatable bonds is 5. The lowest BCUT2D eigenvalue weighted by Gasteiger charge is -2.34. The summed E-state index contributed by atoms with van der Waals surface area (Å²) in [5, 5.41) is 13.0. The molecule has 9 nitrogen and oxygen atoms in total. The minimum atomic E-state index is -4.55. The lowest BCUT2D eigenvalue weighted by atomic mass is 9.74. The van der Waals surface area contributed by atoms with Crippen LogP contribution in [-0.2, 0) is 25.0 Å². The SMILES string of the molecule is O=C(O)C[N+]1(S(=O)(=O)c2ccc(-c3ncc(F)cn3)cc2)C(=O)C2(CCNCC2)c2ccccc21. The number of sulfonamides is 1. The number of amides is 1. The zero-order valence-electron chi connectivity index (χ0n) is 18.5. The van der Waals surface area contributed by atoms with E-state index in [1.165, 1.54) is 30.3 Å². The number of carboxylic acids is 1. The first-order chi connectivity index (χ1) is 16.7. The summed E-state index contributed by atoms with van der Waals surface area (Å²) in [5.41, 5.74) is 0.0869. The molecule has 3 aromatic rings. The number of quaternary nitrogens is 1. The summed E-state index contributed by atoms with van der Waals surface area (Å²) in [4.78, 5) is 33.8. The fraction of sp³-hybridized carbons (Fsp3) is 0.250. The van der Waals surface area contributed by atoms with Crippen molar-refractivity contribution in [2.45, 2.75) is 23.2 Å². The molecule has 0 radical (unpaired) electrons. The zero-order chi connectivity index (χ0) is 24.8. The molecule has 1 spiro atoms. The molecule has 2 N–H and O–H groups in total. The summed E-state index contributed by atoms with van der Waals surface area (Å²) in [6, 6.07) is 12.1. The lowest BCUT2D eigenvalue weighted by molar-refractivity contribution is -0.142. The van der Waals surface area contributed by atoms with Crippen molar-refractivity contribution in [2.75, 3.05) is 19.6 Å². The molecule has 2 aliphatic heterocycles. The number of aliphatic carboxylic acids is 1. The Morgan fingerprint density at radius 2 is 1.69 bits per heavy atom. The molecule has 180 valence electrons. The van der Waals surface area contributed by atoms with Crippen molar-refractivity contribution in [3.05, 3.63) is 72.3 Å². The summed E-state index contributed by atoms with van der Waals surface area (Å²) in [6.45, 7) is 0.0926. The number of fused-ring (bicyclic) bond motifs is 2. The number of aromatic nitrogens is 2. The maximum Gasteiger partial charge on any atom is 0.361 e. The summed E-state index contributed by atoms with van der Waals surface area (Å²) >= 11 is 0.